The number of hydrogen-bond donors (Lipinski definition) is 1. The number of benzene rings is 3. The lowest BCUT2D eigenvalue weighted by Crippen LogP contribution is -2.22. The lowest BCUT2D eigenvalue weighted by molar-refractivity contribution is -0.137. The number of hydrogen-bond acceptors (Lipinski definition) is 4. The molecule has 6 heteroatoms. The number of methoxy groups -OCH3 is 2. The fourth-order valence-corrected chi connectivity index (χ4v) is 4.91. The molecule has 0 saturated carbocycles. The van der Waals surface area contributed by atoms with Crippen LogP contribution in [0.2, 0.25) is 0 Å². The fourth-order valence-electron chi connectivity index (χ4n) is 4.91. The normalized spacial score (nSPS) is 13.0. The van der Waals surface area contributed by atoms with Crippen LogP contribution < -0.4 is 9.47 Å². The van der Waals surface area contributed by atoms with E-state index in [0.29, 0.717) is 22.6 Å². The first kappa shape index (κ1) is 29.9. The highest BCUT2D eigenvalue weighted by Crippen LogP contribution is 2.43. The Labute approximate surface area is 231 Å². The van der Waals surface area contributed by atoms with Crippen LogP contribution in [0.25, 0.3) is 11.1 Å². The van der Waals surface area contributed by atoms with Crippen molar-refractivity contribution in [1.29, 1.82) is 0 Å². The Bertz CT molecular complexity index is 1280. The van der Waals surface area contributed by atoms with Crippen LogP contribution in [0.4, 0.5) is 4.39 Å². The molecule has 208 valence electrons. The minimum Gasteiger partial charge on any atom is -0.497 e. The van der Waals surface area contributed by atoms with Crippen molar-refractivity contribution in [2.75, 3.05) is 14.2 Å². The summed E-state index contributed by atoms with van der Waals surface area (Å²) >= 11 is 0. The van der Waals surface area contributed by atoms with E-state index in [-0.39, 0.29) is 24.8 Å². The number of carboxylic acids is 1. The first-order chi connectivity index (χ1) is 18.6. The van der Waals surface area contributed by atoms with Gasteiger partial charge in [-0.25, -0.2) is 4.39 Å². The molecule has 39 heavy (non-hydrogen) atoms. The summed E-state index contributed by atoms with van der Waals surface area (Å²) in [5.74, 6) is -0.00513. The highest BCUT2D eigenvalue weighted by Gasteiger charge is 2.31. The second-order valence-corrected chi connectivity index (χ2v) is 10.4. The molecule has 1 N–H and O–H groups in total. The first-order valence-electron chi connectivity index (χ1n) is 13.2. The van der Waals surface area contributed by atoms with Crippen molar-refractivity contribution in [2.45, 2.75) is 58.7 Å². The van der Waals surface area contributed by atoms with Gasteiger partial charge in [-0.15, -0.1) is 6.58 Å². The molecule has 0 spiro atoms. The minimum atomic E-state index is -0.810. The Morgan fingerprint density at radius 1 is 1.05 bits per heavy atom. The van der Waals surface area contributed by atoms with Crippen LogP contribution in [0.5, 0.6) is 11.5 Å². The van der Waals surface area contributed by atoms with Gasteiger partial charge in [0.2, 0.25) is 0 Å². The molecular weight excluding hydrogens is 495 g/mol. The van der Waals surface area contributed by atoms with Crippen LogP contribution in [-0.4, -0.2) is 25.3 Å². The fraction of sp³-hybridized carbons (Fsp3) is 0.364. The molecule has 3 aromatic carbocycles. The molecule has 3 aromatic rings. The Balaban J connectivity index is 1.98. The van der Waals surface area contributed by atoms with Gasteiger partial charge in [-0.3, -0.25) is 4.79 Å². The van der Waals surface area contributed by atoms with E-state index in [9.17, 15) is 9.90 Å². The van der Waals surface area contributed by atoms with Crippen LogP contribution in [0.1, 0.15) is 68.7 Å². The lowest BCUT2D eigenvalue weighted by atomic mass is 9.79. The van der Waals surface area contributed by atoms with Gasteiger partial charge in [0.1, 0.15) is 23.9 Å². The van der Waals surface area contributed by atoms with Crippen molar-refractivity contribution in [1.82, 2.24) is 0 Å². The molecule has 0 aliphatic rings. The molecule has 0 fully saturated rings. The highest BCUT2D eigenvalue weighted by atomic mass is 19.1. The molecule has 0 aromatic heterocycles. The van der Waals surface area contributed by atoms with Gasteiger partial charge in [-0.05, 0) is 71.0 Å². The smallest absolute Gasteiger partial charge is 0.303 e. The number of ether oxygens (including phenoxy) is 3. The summed E-state index contributed by atoms with van der Waals surface area (Å²) in [6.07, 6.45) is 3.21. The summed E-state index contributed by atoms with van der Waals surface area (Å²) in [6.45, 7) is 10.4. The maximum atomic E-state index is 15.0. The van der Waals surface area contributed by atoms with E-state index in [0.717, 1.165) is 29.5 Å². The van der Waals surface area contributed by atoms with Gasteiger partial charge >= 0.3 is 5.97 Å². The zero-order valence-corrected chi connectivity index (χ0v) is 23.5. The second kappa shape index (κ2) is 13.4. The Morgan fingerprint density at radius 2 is 1.82 bits per heavy atom. The SMILES string of the molecule is C=CC(C)(C)[C@H](OC)c1cc(COc2cccc([C@@H](CCC)CC(=O)O)c2)ccc1-c1cc(OC)ccc1F. The average molecular weight is 535 g/mol. The molecule has 5 nitrogen and oxygen atoms in total. The summed E-state index contributed by atoms with van der Waals surface area (Å²) in [6, 6.07) is 18.1. The predicted molar refractivity (Wildman–Crippen MR) is 153 cm³/mol. The van der Waals surface area contributed by atoms with Gasteiger partial charge < -0.3 is 19.3 Å². The summed E-state index contributed by atoms with van der Waals surface area (Å²) < 4.78 is 32.5. The molecule has 0 saturated heterocycles. The maximum absolute atomic E-state index is 15.0. The van der Waals surface area contributed by atoms with Crippen LogP contribution in [-0.2, 0) is 16.1 Å². The molecule has 0 aliphatic carbocycles. The van der Waals surface area contributed by atoms with Gasteiger partial charge in [-0.2, -0.15) is 0 Å². The molecule has 0 unspecified atom stereocenters. The molecule has 0 aliphatic heterocycles. The summed E-state index contributed by atoms with van der Waals surface area (Å²) in [5.41, 5.74) is 3.34. The molecule has 3 rings (SSSR count). The second-order valence-electron chi connectivity index (χ2n) is 10.4. The number of aliphatic carboxylic acids is 1. The monoisotopic (exact) mass is 534 g/mol. The molecule has 0 heterocycles. The van der Waals surface area contributed by atoms with Crippen molar-refractivity contribution < 1.29 is 28.5 Å². The van der Waals surface area contributed by atoms with Crippen LogP contribution in [0, 0.1) is 11.2 Å². The van der Waals surface area contributed by atoms with E-state index in [1.807, 2.05) is 62.4 Å². The zero-order chi connectivity index (χ0) is 28.6. The third-order valence-corrected chi connectivity index (χ3v) is 7.09. The standard InChI is InChI=1S/C33H39FO5/c1-7-10-23(19-31(35)36)24-11-9-12-26(18-24)39-21-22-13-15-27(28-20-25(37-5)14-16-30(28)34)29(17-22)32(38-6)33(3,4)8-2/h8-9,11-18,20,23,32H,2,7,10,19,21H2,1,3-6H3,(H,35,36)/t23-,32+/m0/s1. The van der Waals surface area contributed by atoms with E-state index in [4.69, 9.17) is 14.2 Å². The van der Waals surface area contributed by atoms with E-state index < -0.39 is 17.5 Å². The van der Waals surface area contributed by atoms with Crippen molar-refractivity contribution in [3.05, 3.63) is 95.8 Å². The minimum absolute atomic E-state index is 0.0664. The van der Waals surface area contributed by atoms with Crippen molar-refractivity contribution in [2.24, 2.45) is 5.41 Å². The van der Waals surface area contributed by atoms with Crippen LogP contribution >= 0.6 is 0 Å². The van der Waals surface area contributed by atoms with E-state index in [1.165, 1.54) is 6.07 Å². The third kappa shape index (κ3) is 7.48. The first-order valence-corrected chi connectivity index (χ1v) is 13.2. The number of rotatable bonds is 14. The molecule has 2 atom stereocenters. The Morgan fingerprint density at radius 3 is 2.46 bits per heavy atom. The van der Waals surface area contributed by atoms with Gasteiger partial charge in [0.25, 0.3) is 0 Å². The van der Waals surface area contributed by atoms with Crippen LogP contribution in [0.15, 0.2) is 73.3 Å². The zero-order valence-electron chi connectivity index (χ0n) is 23.5. The number of carbonyl (C=O) groups is 1. The largest absolute Gasteiger partial charge is 0.497 e. The quantitative estimate of drug-likeness (QED) is 0.211. The Kier molecular flexibility index (Phi) is 10.3. The summed E-state index contributed by atoms with van der Waals surface area (Å²) in [4.78, 5) is 11.4. The summed E-state index contributed by atoms with van der Waals surface area (Å²) in [7, 11) is 3.19. The third-order valence-electron chi connectivity index (χ3n) is 7.09. The summed E-state index contributed by atoms with van der Waals surface area (Å²) in [5, 5.41) is 9.33. The average Bonchev–Trinajstić information content (AvgIpc) is 2.92. The van der Waals surface area contributed by atoms with Crippen molar-refractivity contribution in [3.8, 4) is 22.6 Å². The van der Waals surface area contributed by atoms with Crippen LogP contribution in [0.3, 0.4) is 0 Å². The molecule has 0 bridgehead atoms. The maximum Gasteiger partial charge on any atom is 0.303 e. The highest BCUT2D eigenvalue weighted by molar-refractivity contribution is 5.71. The van der Waals surface area contributed by atoms with Gasteiger partial charge in [0.05, 0.1) is 19.6 Å². The lowest BCUT2D eigenvalue weighted by Gasteiger charge is -2.32. The van der Waals surface area contributed by atoms with E-state index >= 15 is 4.39 Å². The molecular formula is C33H39FO5. The van der Waals surface area contributed by atoms with Gasteiger partial charge in [0, 0.05) is 18.1 Å². The Hall–Kier alpha value is -3.64. The van der Waals surface area contributed by atoms with Crippen molar-refractivity contribution in [3.63, 3.8) is 0 Å². The van der Waals surface area contributed by atoms with Gasteiger partial charge in [-0.1, -0.05) is 57.5 Å². The molecule has 0 radical (unpaired) electrons. The van der Waals surface area contributed by atoms with Gasteiger partial charge in [0.15, 0.2) is 0 Å². The number of carboxylic acid groups (broad SMARTS) is 1. The topological polar surface area (TPSA) is 65.0 Å². The molecule has 0 amide bonds. The van der Waals surface area contributed by atoms with E-state index in [1.54, 1.807) is 26.4 Å². The predicted octanol–water partition coefficient (Wildman–Crippen LogP) is 8.34. The van der Waals surface area contributed by atoms with E-state index in [2.05, 4.69) is 13.5 Å². The number of halogens is 1. The van der Waals surface area contributed by atoms with Crippen molar-refractivity contribution >= 4 is 5.97 Å².